The van der Waals surface area contributed by atoms with Crippen LogP contribution in [-0.4, -0.2) is 26.7 Å². The highest BCUT2D eigenvalue weighted by molar-refractivity contribution is 5.80. The molecule has 4 N–H and O–H groups in total. The van der Waals surface area contributed by atoms with Gasteiger partial charge in [-0.1, -0.05) is 13.8 Å². The summed E-state index contributed by atoms with van der Waals surface area (Å²) in [4.78, 5) is 8.90. The molecule has 0 bridgehead atoms. The largest absolute Gasteiger partial charge is 0.488 e. The first-order valence-electron chi connectivity index (χ1n) is 10.8. The van der Waals surface area contributed by atoms with Gasteiger partial charge in [-0.05, 0) is 67.3 Å². The summed E-state index contributed by atoms with van der Waals surface area (Å²) in [5, 5.41) is 0. The zero-order valence-electron chi connectivity index (χ0n) is 17.6. The number of nitrogens with two attached hydrogens (primary N) is 2. The molecule has 1 saturated carbocycles. The Morgan fingerprint density at radius 3 is 2.53 bits per heavy atom. The van der Waals surface area contributed by atoms with E-state index in [2.05, 4.69) is 52.9 Å². The fourth-order valence-electron chi connectivity index (χ4n) is 5.06. The lowest BCUT2D eigenvalue weighted by Gasteiger charge is -2.36. The molecule has 2 heterocycles. The van der Waals surface area contributed by atoms with Crippen molar-refractivity contribution < 1.29 is 4.74 Å². The molecule has 0 aliphatic heterocycles. The number of anilines is 1. The van der Waals surface area contributed by atoms with Gasteiger partial charge in [-0.3, -0.25) is 0 Å². The SMILES string of the molecule is CC1(C)Cc2c(ccc(OC3CCC(N)CC3)c2-n2cccc2)-c2ncnc(N)c21. The number of ether oxygens (including phenoxy) is 1. The van der Waals surface area contributed by atoms with Crippen LogP contribution in [-0.2, 0) is 11.8 Å². The smallest absolute Gasteiger partial charge is 0.144 e. The van der Waals surface area contributed by atoms with Gasteiger partial charge in [0.1, 0.15) is 17.9 Å². The summed E-state index contributed by atoms with van der Waals surface area (Å²) in [6.07, 6.45) is 10.8. The van der Waals surface area contributed by atoms with Crippen LogP contribution in [0.5, 0.6) is 5.75 Å². The maximum Gasteiger partial charge on any atom is 0.144 e. The molecule has 1 fully saturated rings. The summed E-state index contributed by atoms with van der Waals surface area (Å²) in [7, 11) is 0. The third-order valence-electron chi connectivity index (χ3n) is 6.55. The fraction of sp³-hybridized carbons (Fsp3) is 0.417. The molecular formula is C24H29N5O. The van der Waals surface area contributed by atoms with E-state index in [0.29, 0.717) is 11.9 Å². The topological polar surface area (TPSA) is 92.0 Å². The lowest BCUT2D eigenvalue weighted by molar-refractivity contribution is 0.147. The Kier molecular flexibility index (Phi) is 4.54. The van der Waals surface area contributed by atoms with E-state index in [-0.39, 0.29) is 11.5 Å². The zero-order valence-corrected chi connectivity index (χ0v) is 17.6. The molecule has 30 heavy (non-hydrogen) atoms. The highest BCUT2D eigenvalue weighted by atomic mass is 16.5. The Hall–Kier alpha value is -2.86. The van der Waals surface area contributed by atoms with E-state index in [0.717, 1.165) is 60.4 Å². The molecule has 2 aromatic heterocycles. The molecule has 0 amide bonds. The van der Waals surface area contributed by atoms with Crippen molar-refractivity contribution in [1.29, 1.82) is 0 Å². The predicted molar refractivity (Wildman–Crippen MR) is 119 cm³/mol. The first kappa shape index (κ1) is 19.1. The van der Waals surface area contributed by atoms with Crippen molar-refractivity contribution in [1.82, 2.24) is 14.5 Å². The van der Waals surface area contributed by atoms with Crippen LogP contribution in [0.15, 0.2) is 43.0 Å². The molecule has 3 aromatic rings. The van der Waals surface area contributed by atoms with Crippen molar-refractivity contribution >= 4 is 5.82 Å². The third kappa shape index (κ3) is 3.16. The molecule has 0 unspecified atom stereocenters. The molecule has 0 saturated heterocycles. The van der Waals surface area contributed by atoms with Crippen LogP contribution >= 0.6 is 0 Å². The van der Waals surface area contributed by atoms with Crippen molar-refractivity contribution in [2.24, 2.45) is 5.73 Å². The van der Waals surface area contributed by atoms with E-state index < -0.39 is 0 Å². The Morgan fingerprint density at radius 1 is 1.07 bits per heavy atom. The molecule has 156 valence electrons. The molecule has 1 aromatic carbocycles. The Labute approximate surface area is 177 Å². The monoisotopic (exact) mass is 403 g/mol. The quantitative estimate of drug-likeness (QED) is 0.690. The second-order valence-electron chi connectivity index (χ2n) is 9.23. The standard InChI is InChI=1S/C24H29N5O/c1-24(2)13-18-17(21-20(24)23(26)28-14-27-21)9-10-19(22(18)29-11-3-4-12-29)30-16-7-5-15(25)6-8-16/h3-4,9-12,14-16H,5-8,13,25H2,1-2H3,(H2,26,27,28). The number of aromatic nitrogens is 3. The summed E-state index contributed by atoms with van der Waals surface area (Å²) in [6.45, 7) is 4.42. The van der Waals surface area contributed by atoms with Gasteiger partial charge in [0.2, 0.25) is 0 Å². The number of benzene rings is 1. The van der Waals surface area contributed by atoms with Crippen molar-refractivity contribution in [3.05, 3.63) is 54.1 Å². The molecule has 6 heteroatoms. The van der Waals surface area contributed by atoms with Crippen LogP contribution in [0.1, 0.15) is 50.7 Å². The first-order valence-corrected chi connectivity index (χ1v) is 10.8. The van der Waals surface area contributed by atoms with E-state index in [1.165, 1.54) is 5.56 Å². The van der Waals surface area contributed by atoms with Gasteiger partial charge in [-0.2, -0.15) is 0 Å². The molecule has 2 aliphatic carbocycles. The maximum atomic E-state index is 6.57. The average molecular weight is 404 g/mol. The maximum absolute atomic E-state index is 6.57. The van der Waals surface area contributed by atoms with Crippen LogP contribution in [0, 0.1) is 0 Å². The number of fused-ring (bicyclic) bond motifs is 3. The molecule has 0 spiro atoms. The van der Waals surface area contributed by atoms with Gasteiger partial charge in [0.05, 0.1) is 17.5 Å². The van der Waals surface area contributed by atoms with Crippen molar-refractivity contribution in [3.63, 3.8) is 0 Å². The predicted octanol–water partition coefficient (Wildman–Crippen LogP) is 4.00. The van der Waals surface area contributed by atoms with E-state index in [1.807, 2.05) is 12.1 Å². The summed E-state index contributed by atoms with van der Waals surface area (Å²) in [6, 6.07) is 8.62. The van der Waals surface area contributed by atoms with Gasteiger partial charge < -0.3 is 20.8 Å². The molecule has 2 aliphatic rings. The number of nitrogens with zero attached hydrogens (tertiary/aromatic N) is 3. The van der Waals surface area contributed by atoms with Crippen LogP contribution in [0.3, 0.4) is 0 Å². The summed E-state index contributed by atoms with van der Waals surface area (Å²) >= 11 is 0. The average Bonchev–Trinajstić information content (AvgIpc) is 3.23. The van der Waals surface area contributed by atoms with Gasteiger partial charge in [-0.25, -0.2) is 9.97 Å². The normalized spacial score (nSPS) is 22.2. The van der Waals surface area contributed by atoms with E-state index in [1.54, 1.807) is 6.33 Å². The van der Waals surface area contributed by atoms with Crippen LogP contribution in [0.4, 0.5) is 5.82 Å². The lowest BCUT2D eigenvalue weighted by Crippen LogP contribution is -2.32. The number of hydrogen-bond acceptors (Lipinski definition) is 5. The molecule has 6 nitrogen and oxygen atoms in total. The van der Waals surface area contributed by atoms with Gasteiger partial charge >= 0.3 is 0 Å². The third-order valence-corrected chi connectivity index (χ3v) is 6.55. The van der Waals surface area contributed by atoms with Gasteiger partial charge in [0, 0.05) is 29.6 Å². The summed E-state index contributed by atoms with van der Waals surface area (Å²) in [5.74, 6) is 1.49. The van der Waals surface area contributed by atoms with Crippen molar-refractivity contribution in [3.8, 4) is 22.7 Å². The zero-order chi connectivity index (χ0) is 20.9. The van der Waals surface area contributed by atoms with Crippen LogP contribution < -0.4 is 16.2 Å². The molecular weight excluding hydrogens is 374 g/mol. The van der Waals surface area contributed by atoms with E-state index in [4.69, 9.17) is 16.2 Å². The van der Waals surface area contributed by atoms with Gasteiger partial charge in [0.15, 0.2) is 0 Å². The second kappa shape index (κ2) is 7.13. The fourth-order valence-corrected chi connectivity index (χ4v) is 5.06. The minimum atomic E-state index is -0.175. The minimum absolute atomic E-state index is 0.175. The highest BCUT2D eigenvalue weighted by Gasteiger charge is 2.37. The molecule has 5 rings (SSSR count). The van der Waals surface area contributed by atoms with Gasteiger partial charge in [0.25, 0.3) is 0 Å². The van der Waals surface area contributed by atoms with E-state index >= 15 is 0 Å². The molecule has 0 radical (unpaired) electrons. The second-order valence-corrected chi connectivity index (χ2v) is 9.23. The summed E-state index contributed by atoms with van der Waals surface area (Å²) in [5.41, 5.74) is 17.6. The Balaban J connectivity index is 1.66. The van der Waals surface area contributed by atoms with Crippen LogP contribution in [0.2, 0.25) is 0 Å². The van der Waals surface area contributed by atoms with E-state index in [9.17, 15) is 0 Å². The van der Waals surface area contributed by atoms with Crippen LogP contribution in [0.25, 0.3) is 16.9 Å². The van der Waals surface area contributed by atoms with Gasteiger partial charge in [-0.15, -0.1) is 0 Å². The Bertz CT molecular complexity index is 1070. The lowest BCUT2D eigenvalue weighted by atomic mass is 9.71. The molecule has 0 atom stereocenters. The number of hydrogen-bond donors (Lipinski definition) is 2. The Morgan fingerprint density at radius 2 is 1.80 bits per heavy atom. The first-order chi connectivity index (χ1) is 14.4. The summed E-state index contributed by atoms with van der Waals surface area (Å²) < 4.78 is 8.73. The minimum Gasteiger partial charge on any atom is -0.488 e. The highest BCUT2D eigenvalue weighted by Crippen LogP contribution is 2.47. The van der Waals surface area contributed by atoms with Crippen molar-refractivity contribution in [2.45, 2.75) is 63.5 Å². The number of rotatable bonds is 3. The van der Waals surface area contributed by atoms with Crippen molar-refractivity contribution in [2.75, 3.05) is 5.73 Å². The number of nitrogen functional groups attached to an aromatic ring is 1.